The first-order valence-corrected chi connectivity index (χ1v) is 20.1. The van der Waals surface area contributed by atoms with E-state index in [1.807, 2.05) is 0 Å². The molecule has 0 saturated carbocycles. The third-order valence-corrected chi connectivity index (χ3v) is 9.42. The number of hydrogen-bond donors (Lipinski definition) is 8. The fraction of sp³-hybridized carbons (Fsp3) is 0.941. The molecule has 1 rings (SSSR count). The molecule has 1 heterocycles. The number of aliphatic hydroxyl groups is 4. The lowest BCUT2D eigenvalue weighted by Gasteiger charge is -2.44. The normalized spacial score (nSPS) is 22.7. The topological polar surface area (TPSA) is 215 Å². The molecule has 13 nitrogen and oxygen atoms in total. The largest absolute Gasteiger partial charge is 0.472 e. The number of rotatable bonds is 29. The van der Waals surface area contributed by atoms with Gasteiger partial charge in [-0.25, -0.2) is 4.57 Å². The molecule has 1 aliphatic heterocycles. The molecule has 1 fully saturated rings. The Balaban J connectivity index is 2.70. The second-order valence-electron chi connectivity index (χ2n) is 13.4. The minimum Gasteiger partial charge on any atom is -0.394 e. The van der Waals surface area contributed by atoms with Crippen LogP contribution in [0.2, 0.25) is 0 Å². The lowest BCUT2D eigenvalue weighted by molar-refractivity contribution is -0.224. The van der Waals surface area contributed by atoms with E-state index >= 15 is 0 Å². The predicted octanol–water partition coefficient (Wildman–Crippen LogP) is 4.49. The Kier molecular flexibility index (Phi) is 24.9. The van der Waals surface area contributed by atoms with E-state index in [-0.39, 0.29) is 12.8 Å². The minimum absolute atomic E-state index is 0.299. The number of nitrogens with one attached hydrogen (secondary N) is 2. The van der Waals surface area contributed by atoms with E-state index in [4.69, 9.17) is 9.26 Å². The maximum Gasteiger partial charge on any atom is 0.472 e. The Hall–Kier alpha value is -1.15. The highest BCUT2D eigenvalue weighted by Gasteiger charge is 2.49. The van der Waals surface area contributed by atoms with E-state index in [9.17, 15) is 44.4 Å². The van der Waals surface area contributed by atoms with Gasteiger partial charge in [0.2, 0.25) is 11.8 Å². The summed E-state index contributed by atoms with van der Waals surface area (Å²) in [5.41, 5.74) is 0. The highest BCUT2D eigenvalue weighted by Crippen LogP contribution is 2.40. The minimum atomic E-state index is -5.19. The molecule has 0 unspecified atom stereocenters. The maximum atomic E-state index is 13.0. The zero-order valence-electron chi connectivity index (χ0n) is 29.5. The molecule has 2 amide bonds. The molecule has 0 spiro atoms. The first kappa shape index (κ1) is 44.9. The Labute approximate surface area is 288 Å². The summed E-state index contributed by atoms with van der Waals surface area (Å²) in [6.07, 6.45) is 13.4. The first-order valence-electron chi connectivity index (χ1n) is 18.5. The quantitative estimate of drug-likeness (QED) is 0.0400. The van der Waals surface area contributed by atoms with Gasteiger partial charge in [-0.05, 0) is 12.8 Å². The maximum absolute atomic E-state index is 13.0. The number of ether oxygens (including phenoxy) is 1. The number of carbonyl (C=O) groups excluding carboxylic acids is 2. The standard InChI is InChI=1S/C34H67N2O11P/c1-3-5-7-9-11-13-15-17-19-21-26(38)23-29(40)35-31-32(34(47-48(43,44)45)46-28(25-37)33(31)42)36-30(41)24-27(39)22-20-18-16-14-12-10-8-6-4-2/h26-28,31-34,37-39,42H,3-25H2,1-2H3,(H,35,40)(H,36,41)(H2,43,44,45)/t26-,27-,28-,31-,32-,33-,34-/m1/s1. The van der Waals surface area contributed by atoms with Gasteiger partial charge >= 0.3 is 7.82 Å². The zero-order chi connectivity index (χ0) is 35.8. The van der Waals surface area contributed by atoms with Crippen LogP contribution in [0.5, 0.6) is 0 Å². The number of unbranched alkanes of at least 4 members (excludes halogenated alkanes) is 16. The Morgan fingerprint density at radius 3 is 1.44 bits per heavy atom. The van der Waals surface area contributed by atoms with Gasteiger partial charge in [0.05, 0.1) is 37.7 Å². The van der Waals surface area contributed by atoms with Crippen LogP contribution in [0.1, 0.15) is 155 Å². The van der Waals surface area contributed by atoms with Crippen molar-refractivity contribution in [2.75, 3.05) is 6.61 Å². The summed E-state index contributed by atoms with van der Waals surface area (Å²) in [7, 11) is -5.19. The lowest BCUT2D eigenvalue weighted by Crippen LogP contribution is -2.69. The van der Waals surface area contributed by atoms with E-state index < -0.39 is 69.0 Å². The summed E-state index contributed by atoms with van der Waals surface area (Å²) in [6, 6.07) is -2.88. The van der Waals surface area contributed by atoms with Crippen LogP contribution in [-0.4, -0.2) is 91.4 Å². The molecule has 7 atom stereocenters. The molecule has 48 heavy (non-hydrogen) atoms. The Morgan fingerprint density at radius 1 is 0.688 bits per heavy atom. The number of carbonyl (C=O) groups is 2. The number of amides is 2. The monoisotopic (exact) mass is 710 g/mol. The summed E-state index contributed by atoms with van der Waals surface area (Å²) in [6.45, 7) is 3.60. The number of hydrogen-bond acceptors (Lipinski definition) is 9. The Morgan fingerprint density at radius 2 is 1.06 bits per heavy atom. The van der Waals surface area contributed by atoms with Crippen molar-refractivity contribution in [3.63, 3.8) is 0 Å². The second-order valence-corrected chi connectivity index (χ2v) is 14.6. The summed E-state index contributed by atoms with van der Waals surface area (Å²) < 4.78 is 21.9. The van der Waals surface area contributed by atoms with Crippen molar-refractivity contribution in [3.8, 4) is 0 Å². The van der Waals surface area contributed by atoms with Gasteiger partial charge in [0.1, 0.15) is 18.2 Å². The van der Waals surface area contributed by atoms with Gasteiger partial charge in [-0.3, -0.25) is 14.1 Å². The molecular weight excluding hydrogens is 643 g/mol. The smallest absolute Gasteiger partial charge is 0.394 e. The molecule has 1 saturated heterocycles. The third-order valence-electron chi connectivity index (χ3n) is 8.94. The molecule has 0 radical (unpaired) electrons. The molecule has 0 aromatic carbocycles. The predicted molar refractivity (Wildman–Crippen MR) is 184 cm³/mol. The van der Waals surface area contributed by atoms with Gasteiger partial charge in [0.25, 0.3) is 0 Å². The average molecular weight is 711 g/mol. The zero-order valence-corrected chi connectivity index (χ0v) is 30.4. The summed E-state index contributed by atoms with van der Waals surface area (Å²) in [5, 5.41) is 46.7. The van der Waals surface area contributed by atoms with Crippen LogP contribution in [0.4, 0.5) is 0 Å². The van der Waals surface area contributed by atoms with Crippen LogP contribution in [0.25, 0.3) is 0 Å². The summed E-state index contributed by atoms with van der Waals surface area (Å²) in [5.74, 6) is -1.37. The van der Waals surface area contributed by atoms with Crippen molar-refractivity contribution in [1.82, 2.24) is 10.6 Å². The summed E-state index contributed by atoms with van der Waals surface area (Å²) >= 11 is 0. The fourth-order valence-electron chi connectivity index (χ4n) is 6.16. The van der Waals surface area contributed by atoms with Crippen molar-refractivity contribution in [2.45, 2.75) is 198 Å². The molecule has 0 aliphatic carbocycles. The molecule has 0 aromatic heterocycles. The van der Waals surface area contributed by atoms with E-state index in [0.717, 1.165) is 51.4 Å². The third kappa shape index (κ3) is 21.2. The van der Waals surface area contributed by atoms with Gasteiger partial charge in [-0.2, -0.15) is 0 Å². The van der Waals surface area contributed by atoms with Crippen LogP contribution in [0.3, 0.4) is 0 Å². The van der Waals surface area contributed by atoms with Gasteiger partial charge in [-0.1, -0.05) is 129 Å². The van der Waals surface area contributed by atoms with Crippen LogP contribution in [0, 0.1) is 0 Å². The molecule has 284 valence electrons. The van der Waals surface area contributed by atoms with E-state index in [2.05, 4.69) is 24.5 Å². The van der Waals surface area contributed by atoms with Crippen molar-refractivity contribution in [3.05, 3.63) is 0 Å². The van der Waals surface area contributed by atoms with Crippen LogP contribution >= 0.6 is 7.82 Å². The molecule has 14 heteroatoms. The van der Waals surface area contributed by atoms with Crippen LogP contribution in [-0.2, 0) is 23.4 Å². The lowest BCUT2D eigenvalue weighted by atomic mass is 9.93. The van der Waals surface area contributed by atoms with Crippen molar-refractivity contribution >= 4 is 19.6 Å². The van der Waals surface area contributed by atoms with Crippen LogP contribution in [0.15, 0.2) is 0 Å². The molecular formula is C34H67N2O11P. The van der Waals surface area contributed by atoms with E-state index in [0.29, 0.717) is 12.8 Å². The summed E-state index contributed by atoms with van der Waals surface area (Å²) in [4.78, 5) is 44.9. The van der Waals surface area contributed by atoms with Gasteiger partial charge in [0.15, 0.2) is 6.29 Å². The SMILES string of the molecule is CCCCCCCCCCC[C@@H](O)CC(=O)N[C@H]1[C@@H](OP(=O)(O)O)O[C@H](CO)[C@@H](O)[C@@H]1NC(=O)C[C@H](O)CCCCCCCCCCC. The highest BCUT2D eigenvalue weighted by atomic mass is 31.2. The van der Waals surface area contributed by atoms with Crippen LogP contribution < -0.4 is 10.6 Å². The molecule has 0 bridgehead atoms. The van der Waals surface area contributed by atoms with E-state index in [1.165, 1.54) is 64.2 Å². The van der Waals surface area contributed by atoms with Crippen molar-refractivity contribution < 1.29 is 53.6 Å². The van der Waals surface area contributed by atoms with Gasteiger partial charge in [-0.15, -0.1) is 0 Å². The second kappa shape index (κ2) is 26.6. The molecule has 0 aromatic rings. The molecule has 8 N–H and O–H groups in total. The van der Waals surface area contributed by atoms with Gasteiger partial charge < -0.3 is 45.6 Å². The van der Waals surface area contributed by atoms with Crippen molar-refractivity contribution in [1.29, 1.82) is 0 Å². The number of phosphoric acid groups is 1. The van der Waals surface area contributed by atoms with Gasteiger partial charge in [0, 0.05) is 0 Å². The average Bonchev–Trinajstić information content (AvgIpc) is 3.01. The number of phosphoric ester groups is 1. The number of aliphatic hydroxyl groups excluding tert-OH is 4. The highest BCUT2D eigenvalue weighted by molar-refractivity contribution is 7.46. The molecule has 1 aliphatic rings. The fourth-order valence-corrected chi connectivity index (χ4v) is 6.61. The Bertz CT molecular complexity index is 893. The van der Waals surface area contributed by atoms with E-state index in [1.54, 1.807) is 0 Å². The van der Waals surface area contributed by atoms with Crippen molar-refractivity contribution in [2.24, 2.45) is 0 Å². The first-order chi connectivity index (χ1) is 22.9.